The summed E-state index contributed by atoms with van der Waals surface area (Å²) in [6.07, 6.45) is 2.54. The number of H-pyrrole nitrogens is 1. The van der Waals surface area contributed by atoms with Gasteiger partial charge in [0.25, 0.3) is 5.56 Å². The van der Waals surface area contributed by atoms with Crippen molar-refractivity contribution in [3.63, 3.8) is 0 Å². The van der Waals surface area contributed by atoms with Crippen molar-refractivity contribution in [1.29, 1.82) is 0 Å². The Labute approximate surface area is 197 Å². The second-order valence-corrected chi connectivity index (χ2v) is 9.89. The first-order chi connectivity index (χ1) is 15.7. The van der Waals surface area contributed by atoms with Gasteiger partial charge in [0, 0.05) is 29.6 Å². The zero-order chi connectivity index (χ0) is 23.6. The maximum atomic E-state index is 12.6. The summed E-state index contributed by atoms with van der Waals surface area (Å²) in [4.78, 5) is 33.1. The topological polar surface area (TPSA) is 84.5 Å². The number of carbonyl (C=O) groups is 1. The van der Waals surface area contributed by atoms with Crippen LogP contribution in [0, 0.1) is 0 Å². The maximum absolute atomic E-state index is 12.6. The van der Waals surface area contributed by atoms with E-state index in [0.29, 0.717) is 41.4 Å². The molecule has 0 atom stereocenters. The average Bonchev–Trinajstić information content (AvgIpc) is 2.77. The van der Waals surface area contributed by atoms with Crippen LogP contribution in [0.25, 0.3) is 10.9 Å². The lowest BCUT2D eigenvalue weighted by atomic mass is 9.73. The van der Waals surface area contributed by atoms with Crippen LogP contribution in [-0.4, -0.2) is 46.3 Å². The van der Waals surface area contributed by atoms with Crippen molar-refractivity contribution in [3.8, 4) is 5.75 Å². The van der Waals surface area contributed by atoms with Crippen molar-refractivity contribution >= 4 is 28.6 Å². The van der Waals surface area contributed by atoms with Gasteiger partial charge in [-0.05, 0) is 63.4 Å². The van der Waals surface area contributed by atoms with Gasteiger partial charge in [0.15, 0.2) is 0 Å². The molecule has 1 fully saturated rings. The highest BCUT2D eigenvalue weighted by Gasteiger charge is 2.39. The summed E-state index contributed by atoms with van der Waals surface area (Å²) in [6.45, 7) is 7.16. The summed E-state index contributed by atoms with van der Waals surface area (Å²) in [5.74, 6) is 0.642. The van der Waals surface area contributed by atoms with Crippen LogP contribution >= 0.6 is 11.6 Å². The summed E-state index contributed by atoms with van der Waals surface area (Å²) in [5, 5.41) is 1.19. The SMILES string of the molecule is CC(C)(C)OC(=O)N1CCC(COc2ccc3c(=O)[nH]cnc3c2)(c2ccc(Cl)cc2)CC1. The first-order valence-corrected chi connectivity index (χ1v) is 11.4. The van der Waals surface area contributed by atoms with Crippen molar-refractivity contribution in [2.45, 2.75) is 44.6 Å². The number of likely N-dealkylation sites (tertiary alicyclic amines) is 1. The number of benzene rings is 2. The summed E-state index contributed by atoms with van der Waals surface area (Å²) in [7, 11) is 0. The van der Waals surface area contributed by atoms with Gasteiger partial charge in [0.1, 0.15) is 11.4 Å². The average molecular weight is 470 g/mol. The van der Waals surface area contributed by atoms with E-state index in [1.807, 2.05) is 45.0 Å². The fourth-order valence-electron chi connectivity index (χ4n) is 4.12. The number of piperidine rings is 1. The summed E-state index contributed by atoms with van der Waals surface area (Å²) in [5.41, 5.74) is 0.692. The summed E-state index contributed by atoms with van der Waals surface area (Å²) in [6, 6.07) is 13.1. The predicted molar refractivity (Wildman–Crippen MR) is 128 cm³/mol. The molecule has 33 heavy (non-hydrogen) atoms. The monoisotopic (exact) mass is 469 g/mol. The molecule has 1 N–H and O–H groups in total. The molecular formula is C25H28ClN3O4. The van der Waals surface area contributed by atoms with Crippen LogP contribution in [0.1, 0.15) is 39.2 Å². The number of nitrogens with one attached hydrogen (secondary N) is 1. The molecule has 2 heterocycles. The van der Waals surface area contributed by atoms with Crippen LogP contribution < -0.4 is 10.3 Å². The quantitative estimate of drug-likeness (QED) is 0.586. The Morgan fingerprint density at radius 2 is 1.85 bits per heavy atom. The number of ether oxygens (including phenoxy) is 2. The van der Waals surface area contributed by atoms with Crippen molar-refractivity contribution in [1.82, 2.24) is 14.9 Å². The highest BCUT2D eigenvalue weighted by molar-refractivity contribution is 6.30. The van der Waals surface area contributed by atoms with Gasteiger partial charge in [-0.1, -0.05) is 23.7 Å². The second-order valence-electron chi connectivity index (χ2n) is 9.45. The van der Waals surface area contributed by atoms with Gasteiger partial charge in [0.05, 0.1) is 23.8 Å². The zero-order valence-corrected chi connectivity index (χ0v) is 19.8. The molecule has 1 saturated heterocycles. The Balaban J connectivity index is 1.54. The van der Waals surface area contributed by atoms with E-state index in [-0.39, 0.29) is 17.1 Å². The minimum Gasteiger partial charge on any atom is -0.493 e. The van der Waals surface area contributed by atoms with Crippen LogP contribution in [0.3, 0.4) is 0 Å². The number of carbonyl (C=O) groups excluding carboxylic acids is 1. The van der Waals surface area contributed by atoms with E-state index in [2.05, 4.69) is 9.97 Å². The predicted octanol–water partition coefficient (Wildman–Crippen LogP) is 4.92. The van der Waals surface area contributed by atoms with Crippen LogP contribution in [0.2, 0.25) is 5.02 Å². The number of rotatable bonds is 4. The van der Waals surface area contributed by atoms with Gasteiger partial charge < -0.3 is 19.4 Å². The molecule has 0 bridgehead atoms. The number of aromatic nitrogens is 2. The fraction of sp³-hybridized carbons (Fsp3) is 0.400. The van der Waals surface area contributed by atoms with E-state index in [9.17, 15) is 9.59 Å². The molecule has 1 aromatic heterocycles. The lowest BCUT2D eigenvalue weighted by molar-refractivity contribution is 0.0133. The van der Waals surface area contributed by atoms with E-state index >= 15 is 0 Å². The number of hydrogen-bond acceptors (Lipinski definition) is 5. The fourth-order valence-corrected chi connectivity index (χ4v) is 4.25. The largest absolute Gasteiger partial charge is 0.493 e. The highest BCUT2D eigenvalue weighted by Crippen LogP contribution is 2.37. The van der Waals surface area contributed by atoms with Crippen molar-refractivity contribution in [2.75, 3.05) is 19.7 Å². The number of fused-ring (bicyclic) bond motifs is 1. The number of aromatic amines is 1. The molecule has 2 aromatic carbocycles. The number of amides is 1. The third-order valence-electron chi connectivity index (χ3n) is 5.96. The maximum Gasteiger partial charge on any atom is 0.410 e. The molecule has 0 saturated carbocycles. The van der Waals surface area contributed by atoms with E-state index in [0.717, 1.165) is 18.4 Å². The lowest BCUT2D eigenvalue weighted by Crippen LogP contribution is -2.49. The van der Waals surface area contributed by atoms with E-state index in [1.54, 1.807) is 23.1 Å². The van der Waals surface area contributed by atoms with Crippen LogP contribution in [0.5, 0.6) is 5.75 Å². The van der Waals surface area contributed by atoms with E-state index < -0.39 is 5.60 Å². The number of halogens is 1. The molecule has 8 heteroatoms. The normalized spacial score (nSPS) is 15.9. The first kappa shape index (κ1) is 23.1. The van der Waals surface area contributed by atoms with Crippen molar-refractivity contribution in [3.05, 3.63) is 69.7 Å². The highest BCUT2D eigenvalue weighted by atomic mass is 35.5. The molecule has 4 rings (SSSR count). The van der Waals surface area contributed by atoms with Gasteiger partial charge in [-0.3, -0.25) is 4.79 Å². The molecule has 0 aliphatic carbocycles. The number of hydrogen-bond donors (Lipinski definition) is 1. The van der Waals surface area contributed by atoms with Crippen molar-refractivity contribution in [2.24, 2.45) is 0 Å². The number of nitrogens with zero attached hydrogens (tertiary/aromatic N) is 2. The van der Waals surface area contributed by atoms with E-state index in [1.165, 1.54) is 6.33 Å². The van der Waals surface area contributed by atoms with Gasteiger partial charge in [-0.15, -0.1) is 0 Å². The molecular weight excluding hydrogens is 442 g/mol. The molecule has 0 unspecified atom stereocenters. The van der Waals surface area contributed by atoms with Gasteiger partial charge in [-0.2, -0.15) is 0 Å². The molecule has 0 spiro atoms. The van der Waals surface area contributed by atoms with Crippen LogP contribution in [-0.2, 0) is 10.2 Å². The van der Waals surface area contributed by atoms with Crippen molar-refractivity contribution < 1.29 is 14.3 Å². The molecule has 174 valence electrons. The summed E-state index contributed by atoms with van der Waals surface area (Å²) < 4.78 is 11.8. The summed E-state index contributed by atoms with van der Waals surface area (Å²) >= 11 is 6.13. The molecule has 1 aliphatic heterocycles. The van der Waals surface area contributed by atoms with Crippen LogP contribution in [0.15, 0.2) is 53.6 Å². The molecule has 1 amide bonds. The standard InChI is InChI=1S/C25H28ClN3O4/c1-24(2,3)33-23(31)29-12-10-25(11-13-29,17-4-6-18(26)7-5-17)15-32-19-8-9-20-21(14-19)27-16-28-22(20)30/h4-9,14,16H,10-13,15H2,1-3H3,(H,27,28,30). The zero-order valence-electron chi connectivity index (χ0n) is 19.1. The Hall–Kier alpha value is -3.06. The molecule has 1 aliphatic rings. The third-order valence-corrected chi connectivity index (χ3v) is 6.21. The van der Waals surface area contributed by atoms with Gasteiger partial charge in [0.2, 0.25) is 0 Å². The molecule has 3 aromatic rings. The first-order valence-electron chi connectivity index (χ1n) is 11.0. The Morgan fingerprint density at radius 1 is 1.15 bits per heavy atom. The van der Waals surface area contributed by atoms with Gasteiger partial charge in [-0.25, -0.2) is 9.78 Å². The van der Waals surface area contributed by atoms with Crippen LogP contribution in [0.4, 0.5) is 4.79 Å². The third kappa shape index (κ3) is 5.30. The Morgan fingerprint density at radius 3 is 2.52 bits per heavy atom. The van der Waals surface area contributed by atoms with Gasteiger partial charge >= 0.3 is 6.09 Å². The lowest BCUT2D eigenvalue weighted by Gasteiger charge is -2.42. The molecule has 0 radical (unpaired) electrons. The Kier molecular flexibility index (Phi) is 6.34. The minimum absolute atomic E-state index is 0.182. The van der Waals surface area contributed by atoms with E-state index in [4.69, 9.17) is 21.1 Å². The Bertz CT molecular complexity index is 1190. The second kappa shape index (κ2) is 9.06. The minimum atomic E-state index is -0.531. The molecule has 7 nitrogen and oxygen atoms in total. The smallest absolute Gasteiger partial charge is 0.410 e.